The van der Waals surface area contributed by atoms with Gasteiger partial charge in [-0.15, -0.1) is 0 Å². The molecular formula is C14H11ClFN3O4S. The van der Waals surface area contributed by atoms with E-state index in [1.165, 1.54) is 30.3 Å². The summed E-state index contributed by atoms with van der Waals surface area (Å²) in [5, 5.41) is 9.27. The molecule has 2 rings (SSSR count). The van der Waals surface area contributed by atoms with Crippen molar-refractivity contribution in [2.45, 2.75) is 4.90 Å². The maximum absolute atomic E-state index is 13.0. The zero-order chi connectivity index (χ0) is 17.9. The highest BCUT2D eigenvalue weighted by atomic mass is 35.5. The van der Waals surface area contributed by atoms with E-state index in [-0.39, 0.29) is 21.3 Å². The van der Waals surface area contributed by atoms with E-state index in [0.29, 0.717) is 0 Å². The number of hydrogen-bond acceptors (Lipinski definition) is 4. The van der Waals surface area contributed by atoms with Crippen LogP contribution in [-0.2, 0) is 19.6 Å². The van der Waals surface area contributed by atoms with Crippen LogP contribution >= 0.6 is 11.6 Å². The highest BCUT2D eigenvalue weighted by molar-refractivity contribution is 7.89. The summed E-state index contributed by atoms with van der Waals surface area (Å²) < 4.78 is 35.3. The molecule has 0 saturated heterocycles. The van der Waals surface area contributed by atoms with Crippen molar-refractivity contribution in [1.29, 1.82) is 0 Å². The molecule has 0 heterocycles. The fourth-order valence-electron chi connectivity index (χ4n) is 1.68. The number of rotatable bonds is 3. The number of carbonyl (C=O) groups is 2. The average molecular weight is 372 g/mol. The predicted octanol–water partition coefficient (Wildman–Crippen LogP) is 1.70. The van der Waals surface area contributed by atoms with E-state index in [4.69, 9.17) is 16.7 Å². The minimum atomic E-state index is -3.85. The highest BCUT2D eigenvalue weighted by Crippen LogP contribution is 2.19. The van der Waals surface area contributed by atoms with E-state index in [1.807, 2.05) is 0 Å². The van der Waals surface area contributed by atoms with Crippen LogP contribution in [0.25, 0.3) is 0 Å². The van der Waals surface area contributed by atoms with Crippen LogP contribution in [0.5, 0.6) is 0 Å². The van der Waals surface area contributed by atoms with Crippen LogP contribution in [0.1, 0.15) is 0 Å². The number of primary sulfonamides is 1. The maximum atomic E-state index is 13.0. The molecule has 4 N–H and O–H groups in total. The van der Waals surface area contributed by atoms with Crippen molar-refractivity contribution < 1.29 is 22.4 Å². The SMILES string of the molecule is NS(=O)(=O)c1ccc(NC(=O)C(=O)Nc2ccc(F)c(Cl)c2)cc1. The summed E-state index contributed by atoms with van der Waals surface area (Å²) in [7, 11) is -3.85. The first-order valence-electron chi connectivity index (χ1n) is 6.37. The van der Waals surface area contributed by atoms with Crippen molar-refractivity contribution in [3.05, 3.63) is 53.3 Å². The second-order valence-electron chi connectivity index (χ2n) is 4.61. The summed E-state index contributed by atoms with van der Waals surface area (Å²) in [6.45, 7) is 0. The third kappa shape index (κ3) is 4.51. The molecule has 0 unspecified atom stereocenters. The van der Waals surface area contributed by atoms with E-state index in [2.05, 4.69) is 10.6 Å². The Morgan fingerprint density at radius 1 is 0.958 bits per heavy atom. The Balaban J connectivity index is 2.03. The number of carbonyl (C=O) groups excluding carboxylic acids is 2. The molecular weight excluding hydrogens is 361 g/mol. The van der Waals surface area contributed by atoms with Crippen LogP contribution in [-0.4, -0.2) is 20.2 Å². The van der Waals surface area contributed by atoms with Crippen LogP contribution in [0.2, 0.25) is 5.02 Å². The quantitative estimate of drug-likeness (QED) is 0.711. The second-order valence-corrected chi connectivity index (χ2v) is 6.58. The molecule has 10 heteroatoms. The number of anilines is 2. The normalized spacial score (nSPS) is 11.0. The van der Waals surface area contributed by atoms with E-state index in [9.17, 15) is 22.4 Å². The molecule has 0 fully saturated rings. The van der Waals surface area contributed by atoms with E-state index >= 15 is 0 Å². The van der Waals surface area contributed by atoms with E-state index in [1.54, 1.807) is 0 Å². The first-order valence-corrected chi connectivity index (χ1v) is 8.29. The monoisotopic (exact) mass is 371 g/mol. The number of amides is 2. The molecule has 0 saturated carbocycles. The van der Waals surface area contributed by atoms with Crippen molar-refractivity contribution >= 4 is 44.8 Å². The fourth-order valence-corrected chi connectivity index (χ4v) is 2.37. The zero-order valence-electron chi connectivity index (χ0n) is 11.9. The van der Waals surface area contributed by atoms with Gasteiger partial charge in [0.25, 0.3) is 0 Å². The van der Waals surface area contributed by atoms with Gasteiger partial charge < -0.3 is 10.6 Å². The average Bonchev–Trinajstić information content (AvgIpc) is 2.50. The molecule has 126 valence electrons. The van der Waals surface area contributed by atoms with Gasteiger partial charge in [0.05, 0.1) is 9.92 Å². The molecule has 24 heavy (non-hydrogen) atoms. The smallest absolute Gasteiger partial charge is 0.314 e. The summed E-state index contributed by atoms with van der Waals surface area (Å²) in [6, 6.07) is 8.36. The van der Waals surface area contributed by atoms with Crippen LogP contribution < -0.4 is 15.8 Å². The van der Waals surface area contributed by atoms with Crippen molar-refractivity contribution in [1.82, 2.24) is 0 Å². The van der Waals surface area contributed by atoms with Gasteiger partial charge in [0.1, 0.15) is 5.82 Å². The Hall–Kier alpha value is -2.49. The number of sulfonamides is 1. The van der Waals surface area contributed by atoms with Gasteiger partial charge in [-0.05, 0) is 42.5 Å². The number of nitrogens with one attached hydrogen (secondary N) is 2. The van der Waals surface area contributed by atoms with Gasteiger partial charge >= 0.3 is 11.8 Å². The van der Waals surface area contributed by atoms with Crippen LogP contribution in [0.4, 0.5) is 15.8 Å². The number of benzene rings is 2. The van der Waals surface area contributed by atoms with E-state index in [0.717, 1.165) is 12.1 Å². The third-order valence-corrected chi connectivity index (χ3v) is 4.04. The van der Waals surface area contributed by atoms with Gasteiger partial charge in [-0.3, -0.25) is 9.59 Å². The van der Waals surface area contributed by atoms with Crippen molar-refractivity contribution in [2.75, 3.05) is 10.6 Å². The summed E-state index contributed by atoms with van der Waals surface area (Å²) in [4.78, 5) is 23.4. The second kappa shape index (κ2) is 6.95. The maximum Gasteiger partial charge on any atom is 0.314 e. The summed E-state index contributed by atoms with van der Waals surface area (Å²) in [5.74, 6) is -2.67. The Labute approximate surface area is 141 Å². The fraction of sp³-hybridized carbons (Fsp3) is 0. The summed E-state index contributed by atoms with van der Waals surface area (Å²) >= 11 is 5.57. The van der Waals surface area contributed by atoms with E-state index < -0.39 is 27.7 Å². The highest BCUT2D eigenvalue weighted by Gasteiger charge is 2.15. The third-order valence-electron chi connectivity index (χ3n) is 2.82. The molecule has 0 aliphatic carbocycles. The lowest BCUT2D eigenvalue weighted by Crippen LogP contribution is -2.29. The topological polar surface area (TPSA) is 118 Å². The van der Waals surface area contributed by atoms with Crippen LogP contribution in [0, 0.1) is 5.82 Å². The molecule has 0 bridgehead atoms. The van der Waals surface area contributed by atoms with Gasteiger partial charge in [-0.1, -0.05) is 11.6 Å². The first-order chi connectivity index (χ1) is 11.2. The van der Waals surface area contributed by atoms with Crippen molar-refractivity contribution in [3.8, 4) is 0 Å². The molecule has 0 spiro atoms. The molecule has 7 nitrogen and oxygen atoms in total. The molecule has 0 atom stereocenters. The number of hydrogen-bond donors (Lipinski definition) is 3. The summed E-state index contributed by atoms with van der Waals surface area (Å²) in [6.07, 6.45) is 0. The standard InChI is InChI=1S/C14H11ClFN3O4S/c15-11-7-9(3-6-12(11)16)19-14(21)13(20)18-8-1-4-10(5-2-8)24(17,22)23/h1-7H,(H,18,20)(H,19,21)(H2,17,22,23). The van der Waals surface area contributed by atoms with Crippen molar-refractivity contribution in [2.24, 2.45) is 5.14 Å². The van der Waals surface area contributed by atoms with Crippen LogP contribution in [0.15, 0.2) is 47.4 Å². The van der Waals surface area contributed by atoms with Gasteiger partial charge in [0.2, 0.25) is 10.0 Å². The van der Waals surface area contributed by atoms with Gasteiger partial charge in [0.15, 0.2) is 0 Å². The Bertz CT molecular complexity index is 901. The first kappa shape index (κ1) is 17.9. The minimum Gasteiger partial charge on any atom is -0.318 e. The Morgan fingerprint density at radius 2 is 1.46 bits per heavy atom. The molecule has 0 radical (unpaired) electrons. The lowest BCUT2D eigenvalue weighted by atomic mass is 10.3. The molecule has 0 aliphatic rings. The predicted molar refractivity (Wildman–Crippen MR) is 86.5 cm³/mol. The number of halogens is 2. The molecule has 0 aliphatic heterocycles. The zero-order valence-corrected chi connectivity index (χ0v) is 13.5. The molecule has 2 aromatic rings. The number of nitrogens with two attached hydrogens (primary N) is 1. The lowest BCUT2D eigenvalue weighted by Gasteiger charge is -2.07. The van der Waals surface area contributed by atoms with Crippen LogP contribution in [0.3, 0.4) is 0 Å². The molecule has 0 aromatic heterocycles. The van der Waals surface area contributed by atoms with Crippen molar-refractivity contribution in [3.63, 3.8) is 0 Å². The largest absolute Gasteiger partial charge is 0.318 e. The molecule has 2 aromatic carbocycles. The van der Waals surface area contributed by atoms with Gasteiger partial charge in [-0.25, -0.2) is 17.9 Å². The molecule has 2 amide bonds. The van der Waals surface area contributed by atoms with Gasteiger partial charge in [-0.2, -0.15) is 0 Å². The lowest BCUT2D eigenvalue weighted by molar-refractivity contribution is -0.132. The Morgan fingerprint density at radius 3 is 1.96 bits per heavy atom. The minimum absolute atomic E-state index is 0.133. The summed E-state index contributed by atoms with van der Waals surface area (Å²) in [5.41, 5.74) is 0.339. The Kier molecular flexibility index (Phi) is 5.17. The van der Waals surface area contributed by atoms with Gasteiger partial charge in [0, 0.05) is 11.4 Å².